The molecule has 3 nitrogen and oxygen atoms in total. The van der Waals surface area contributed by atoms with Gasteiger partial charge in [0.25, 0.3) is 0 Å². The maximum absolute atomic E-state index is 12.1. The van der Waals surface area contributed by atoms with Gasteiger partial charge in [-0.25, -0.2) is 0 Å². The highest BCUT2D eigenvalue weighted by atomic mass is 16.1. The summed E-state index contributed by atoms with van der Waals surface area (Å²) in [5, 5.41) is 3.26. The van der Waals surface area contributed by atoms with Crippen molar-refractivity contribution < 1.29 is 4.79 Å². The number of nitrogens with zero attached hydrogens (tertiary/aromatic N) is 1. The lowest BCUT2D eigenvalue weighted by molar-refractivity contribution is -0.122. The van der Waals surface area contributed by atoms with Crippen molar-refractivity contribution in [2.45, 2.75) is 84.1 Å². The first kappa shape index (κ1) is 18.5. The second-order valence-corrected chi connectivity index (χ2v) is 7.82. The van der Waals surface area contributed by atoms with Crippen LogP contribution in [0.3, 0.4) is 0 Å². The molecule has 23 heavy (non-hydrogen) atoms. The number of hydrogen-bond acceptors (Lipinski definition) is 2. The van der Waals surface area contributed by atoms with Crippen LogP contribution < -0.4 is 5.32 Å². The largest absolute Gasteiger partial charge is 0.353 e. The second kappa shape index (κ2) is 10.1. The molecule has 0 atom stereocenters. The van der Waals surface area contributed by atoms with Crippen LogP contribution in [0.15, 0.2) is 11.6 Å². The Labute approximate surface area is 142 Å². The van der Waals surface area contributed by atoms with Crippen LogP contribution in [0.5, 0.6) is 0 Å². The molecule has 0 spiro atoms. The minimum Gasteiger partial charge on any atom is -0.353 e. The standard InChI is InChI=1S/C20H36N2O/c1-17(2)11-14-22-15-12-19(13-16-22)21-20(23)10-6-9-18-7-4-3-5-8-18/h11,18-19H,3-10,12-16H2,1-2H3,(H,21,23). The first-order valence-corrected chi connectivity index (χ1v) is 9.78. The van der Waals surface area contributed by atoms with E-state index >= 15 is 0 Å². The van der Waals surface area contributed by atoms with Gasteiger partial charge in [-0.05, 0) is 45.4 Å². The van der Waals surface area contributed by atoms with Crippen LogP contribution in [0.4, 0.5) is 0 Å². The number of carbonyl (C=O) groups is 1. The summed E-state index contributed by atoms with van der Waals surface area (Å²) in [6.45, 7) is 7.58. The molecule has 2 fully saturated rings. The molecule has 0 unspecified atom stereocenters. The summed E-state index contributed by atoms with van der Waals surface area (Å²) in [7, 11) is 0. The summed E-state index contributed by atoms with van der Waals surface area (Å²) in [5.74, 6) is 1.18. The van der Waals surface area contributed by atoms with E-state index in [1.807, 2.05) is 0 Å². The fraction of sp³-hybridized carbons (Fsp3) is 0.850. The van der Waals surface area contributed by atoms with Gasteiger partial charge in [-0.3, -0.25) is 9.69 Å². The van der Waals surface area contributed by atoms with Gasteiger partial charge in [0, 0.05) is 32.1 Å². The van der Waals surface area contributed by atoms with E-state index < -0.39 is 0 Å². The maximum atomic E-state index is 12.1. The third-order valence-corrected chi connectivity index (χ3v) is 5.45. The lowest BCUT2D eigenvalue weighted by Gasteiger charge is -2.31. The average Bonchev–Trinajstić information content (AvgIpc) is 2.55. The Bertz CT molecular complexity index is 373. The highest BCUT2D eigenvalue weighted by molar-refractivity contribution is 5.76. The molecule has 1 amide bonds. The lowest BCUT2D eigenvalue weighted by atomic mass is 9.86. The Morgan fingerprint density at radius 1 is 1.09 bits per heavy atom. The topological polar surface area (TPSA) is 32.3 Å². The molecule has 2 rings (SSSR count). The van der Waals surface area contributed by atoms with Crippen LogP contribution in [-0.2, 0) is 4.79 Å². The van der Waals surface area contributed by atoms with Gasteiger partial charge in [-0.1, -0.05) is 43.8 Å². The molecule has 1 aliphatic heterocycles. The van der Waals surface area contributed by atoms with Gasteiger partial charge >= 0.3 is 0 Å². The Morgan fingerprint density at radius 2 is 1.78 bits per heavy atom. The van der Waals surface area contributed by atoms with Gasteiger partial charge in [-0.2, -0.15) is 0 Å². The van der Waals surface area contributed by atoms with E-state index in [4.69, 9.17) is 0 Å². The summed E-state index contributed by atoms with van der Waals surface area (Å²) in [6.07, 6.45) is 14.6. The Kier molecular flexibility index (Phi) is 8.14. The quantitative estimate of drug-likeness (QED) is 0.710. The Morgan fingerprint density at radius 3 is 2.43 bits per heavy atom. The lowest BCUT2D eigenvalue weighted by Crippen LogP contribution is -2.44. The zero-order valence-electron chi connectivity index (χ0n) is 15.3. The van der Waals surface area contributed by atoms with E-state index in [2.05, 4.69) is 30.1 Å². The van der Waals surface area contributed by atoms with Crippen molar-refractivity contribution in [2.75, 3.05) is 19.6 Å². The predicted molar refractivity (Wildman–Crippen MR) is 97.5 cm³/mol. The van der Waals surface area contributed by atoms with Gasteiger partial charge in [0.05, 0.1) is 0 Å². The number of carbonyl (C=O) groups excluding carboxylic acids is 1. The highest BCUT2D eigenvalue weighted by Crippen LogP contribution is 2.27. The number of likely N-dealkylation sites (tertiary alicyclic amines) is 1. The molecular formula is C20H36N2O. The SMILES string of the molecule is CC(C)=CCN1CCC(NC(=O)CCCC2CCCCC2)CC1. The van der Waals surface area contributed by atoms with Gasteiger partial charge in [0.15, 0.2) is 0 Å². The number of amides is 1. The summed E-state index contributed by atoms with van der Waals surface area (Å²) >= 11 is 0. The smallest absolute Gasteiger partial charge is 0.220 e. The van der Waals surface area contributed by atoms with E-state index in [9.17, 15) is 4.79 Å². The maximum Gasteiger partial charge on any atom is 0.220 e. The first-order valence-electron chi connectivity index (χ1n) is 9.78. The Hall–Kier alpha value is -0.830. The van der Waals surface area contributed by atoms with E-state index in [0.717, 1.165) is 51.2 Å². The van der Waals surface area contributed by atoms with Crippen LogP contribution in [0.2, 0.25) is 0 Å². The van der Waals surface area contributed by atoms with Crippen LogP contribution in [0.25, 0.3) is 0 Å². The molecule has 0 aromatic rings. The van der Waals surface area contributed by atoms with Crippen molar-refractivity contribution in [1.82, 2.24) is 10.2 Å². The van der Waals surface area contributed by atoms with Crippen molar-refractivity contribution in [3.63, 3.8) is 0 Å². The van der Waals surface area contributed by atoms with Gasteiger partial charge in [0.2, 0.25) is 5.91 Å². The molecule has 1 heterocycles. The van der Waals surface area contributed by atoms with Gasteiger partial charge < -0.3 is 5.32 Å². The molecule has 132 valence electrons. The van der Waals surface area contributed by atoms with Crippen LogP contribution in [-0.4, -0.2) is 36.5 Å². The van der Waals surface area contributed by atoms with Crippen LogP contribution in [0, 0.1) is 5.92 Å². The number of allylic oxidation sites excluding steroid dienone is 1. The van der Waals surface area contributed by atoms with Gasteiger partial charge in [-0.15, -0.1) is 0 Å². The predicted octanol–water partition coefficient (Wildman–Crippen LogP) is 4.28. The molecule has 1 N–H and O–H groups in total. The third kappa shape index (κ3) is 7.52. The van der Waals surface area contributed by atoms with Crippen molar-refractivity contribution in [2.24, 2.45) is 5.92 Å². The highest BCUT2D eigenvalue weighted by Gasteiger charge is 2.20. The third-order valence-electron chi connectivity index (χ3n) is 5.45. The van der Waals surface area contributed by atoms with Crippen molar-refractivity contribution in [3.05, 3.63) is 11.6 Å². The summed E-state index contributed by atoms with van der Waals surface area (Å²) in [6, 6.07) is 0.403. The molecule has 1 aliphatic carbocycles. The monoisotopic (exact) mass is 320 g/mol. The molecule has 3 heteroatoms. The van der Waals surface area contributed by atoms with Gasteiger partial charge in [0.1, 0.15) is 0 Å². The summed E-state index contributed by atoms with van der Waals surface area (Å²) in [4.78, 5) is 14.6. The minimum absolute atomic E-state index is 0.281. The Balaban J connectivity index is 1.54. The molecular weight excluding hydrogens is 284 g/mol. The van der Waals surface area contributed by atoms with E-state index in [-0.39, 0.29) is 5.91 Å². The normalized spacial score (nSPS) is 21.1. The molecule has 1 saturated heterocycles. The number of hydrogen-bond donors (Lipinski definition) is 1. The summed E-state index contributed by atoms with van der Waals surface area (Å²) < 4.78 is 0. The van der Waals surface area contributed by atoms with E-state index in [1.165, 1.54) is 44.1 Å². The molecule has 0 radical (unpaired) electrons. The molecule has 2 aliphatic rings. The number of rotatable bonds is 7. The van der Waals surface area contributed by atoms with E-state index in [1.54, 1.807) is 0 Å². The molecule has 0 aromatic heterocycles. The van der Waals surface area contributed by atoms with Crippen molar-refractivity contribution in [1.29, 1.82) is 0 Å². The fourth-order valence-electron chi connectivity index (χ4n) is 3.90. The van der Waals surface area contributed by atoms with Crippen molar-refractivity contribution in [3.8, 4) is 0 Å². The molecule has 1 saturated carbocycles. The van der Waals surface area contributed by atoms with Crippen LogP contribution >= 0.6 is 0 Å². The van der Waals surface area contributed by atoms with E-state index in [0.29, 0.717) is 6.04 Å². The zero-order valence-corrected chi connectivity index (χ0v) is 15.3. The zero-order chi connectivity index (χ0) is 16.5. The molecule has 0 aromatic carbocycles. The van der Waals surface area contributed by atoms with Crippen LogP contribution in [0.1, 0.15) is 78.1 Å². The fourth-order valence-corrected chi connectivity index (χ4v) is 3.90. The first-order chi connectivity index (χ1) is 11.1. The van der Waals surface area contributed by atoms with Crippen molar-refractivity contribution >= 4 is 5.91 Å². The second-order valence-electron chi connectivity index (χ2n) is 7.82. The average molecular weight is 321 g/mol. The summed E-state index contributed by atoms with van der Waals surface area (Å²) in [5.41, 5.74) is 1.39. The number of nitrogens with one attached hydrogen (secondary N) is 1. The number of piperidine rings is 1. The minimum atomic E-state index is 0.281. The molecule has 0 bridgehead atoms.